The van der Waals surface area contributed by atoms with Crippen LogP contribution in [0.1, 0.15) is 94.9 Å². The Kier molecular flexibility index (Phi) is 13.3. The first kappa shape index (κ1) is 31.9. The maximum atomic E-state index is 13.2. The smallest absolute Gasteiger partial charge is 0.550 e. The second kappa shape index (κ2) is 14.6. The van der Waals surface area contributed by atoms with Crippen LogP contribution in [0.4, 0.5) is 0 Å². The molecule has 35 heavy (non-hydrogen) atoms. The van der Waals surface area contributed by atoms with Gasteiger partial charge in [0.2, 0.25) is 5.91 Å². The van der Waals surface area contributed by atoms with E-state index in [-0.39, 0.29) is 54.5 Å². The molecule has 3 atom stereocenters. The monoisotopic (exact) mass is 499 g/mol. The summed E-state index contributed by atoms with van der Waals surface area (Å²) in [6.07, 6.45) is 3.35. The van der Waals surface area contributed by atoms with E-state index in [1.165, 1.54) is 6.42 Å². The first-order chi connectivity index (χ1) is 15.9. The number of benzene rings is 1. The van der Waals surface area contributed by atoms with Crippen LogP contribution in [0.25, 0.3) is 0 Å². The minimum atomic E-state index is -1.36. The van der Waals surface area contributed by atoms with Crippen molar-refractivity contribution in [1.29, 1.82) is 0 Å². The standard InChI is InChI=1S/C27H43NO6.Na/c1-6-27(4,5)26(33)28-24(19-10-8-7-9-11-19)22-13-17(2)12-18(3)25(22)34-16-21(30)14-20(29)15-23(31)32;/h12-13,19-21,24,29-30H,6-11,14-16H2,1-5H3,(H,28,33)(H,31,32);/q;+1/p-1/t20-,21?,24?;/m1./s1. The molecular formula is C27H42NNaO6. The number of rotatable bonds is 12. The van der Waals surface area contributed by atoms with Gasteiger partial charge in [-0.15, -0.1) is 0 Å². The first-order valence-corrected chi connectivity index (χ1v) is 12.6. The van der Waals surface area contributed by atoms with Crippen LogP contribution in [0.15, 0.2) is 12.1 Å². The van der Waals surface area contributed by atoms with Crippen molar-refractivity contribution in [3.63, 3.8) is 0 Å². The molecule has 0 spiro atoms. The van der Waals surface area contributed by atoms with Gasteiger partial charge in [0, 0.05) is 29.8 Å². The van der Waals surface area contributed by atoms with Crippen LogP contribution in [-0.2, 0) is 9.59 Å². The third-order valence-electron chi connectivity index (χ3n) is 7.06. The maximum Gasteiger partial charge on any atom is 1.00 e. The van der Waals surface area contributed by atoms with Gasteiger partial charge in [-0.3, -0.25) is 4.79 Å². The number of nitrogens with one attached hydrogen (secondary N) is 1. The number of hydrogen-bond donors (Lipinski definition) is 3. The van der Waals surface area contributed by atoms with Crippen LogP contribution in [-0.4, -0.2) is 40.9 Å². The molecular weight excluding hydrogens is 457 g/mol. The summed E-state index contributed by atoms with van der Waals surface area (Å²) in [5.74, 6) is -0.424. The minimum Gasteiger partial charge on any atom is -0.550 e. The molecule has 2 unspecified atom stereocenters. The predicted molar refractivity (Wildman–Crippen MR) is 129 cm³/mol. The number of carboxylic acid groups (broad SMARTS) is 1. The van der Waals surface area contributed by atoms with Crippen LogP contribution in [0.5, 0.6) is 5.75 Å². The van der Waals surface area contributed by atoms with Crippen molar-refractivity contribution in [2.24, 2.45) is 11.3 Å². The molecule has 0 aliphatic heterocycles. The number of hydrogen-bond acceptors (Lipinski definition) is 6. The number of amides is 1. The van der Waals surface area contributed by atoms with Crippen molar-refractivity contribution in [2.75, 3.05) is 6.61 Å². The van der Waals surface area contributed by atoms with Crippen LogP contribution in [0, 0.1) is 25.2 Å². The topological polar surface area (TPSA) is 119 Å². The fourth-order valence-corrected chi connectivity index (χ4v) is 4.67. The third-order valence-corrected chi connectivity index (χ3v) is 7.06. The van der Waals surface area contributed by atoms with E-state index in [1.54, 1.807) is 0 Å². The number of carboxylic acids is 1. The molecule has 0 heterocycles. The van der Waals surface area contributed by atoms with Gasteiger partial charge in [-0.1, -0.05) is 57.7 Å². The molecule has 1 aliphatic rings. The number of aryl methyl sites for hydroxylation is 2. The van der Waals surface area contributed by atoms with E-state index in [2.05, 4.69) is 11.4 Å². The van der Waals surface area contributed by atoms with E-state index in [1.807, 2.05) is 40.7 Å². The summed E-state index contributed by atoms with van der Waals surface area (Å²) in [4.78, 5) is 23.9. The summed E-state index contributed by atoms with van der Waals surface area (Å²) in [7, 11) is 0. The van der Waals surface area contributed by atoms with Gasteiger partial charge in [0.25, 0.3) is 0 Å². The Morgan fingerprint density at radius 3 is 2.34 bits per heavy atom. The van der Waals surface area contributed by atoms with Gasteiger partial charge in [-0.2, -0.15) is 0 Å². The van der Waals surface area contributed by atoms with Gasteiger partial charge in [-0.05, 0) is 44.6 Å². The van der Waals surface area contributed by atoms with Crippen LogP contribution >= 0.6 is 0 Å². The normalized spacial score (nSPS) is 17.1. The fourth-order valence-electron chi connectivity index (χ4n) is 4.67. The van der Waals surface area contributed by atoms with Gasteiger partial charge in [0.15, 0.2) is 0 Å². The quantitative estimate of drug-likeness (QED) is 0.352. The second-order valence-electron chi connectivity index (χ2n) is 10.5. The summed E-state index contributed by atoms with van der Waals surface area (Å²) in [6.45, 7) is 9.78. The van der Waals surface area contributed by atoms with Gasteiger partial charge in [-0.25, -0.2) is 0 Å². The van der Waals surface area contributed by atoms with Crippen LogP contribution in [0.2, 0.25) is 0 Å². The van der Waals surface area contributed by atoms with Crippen molar-refractivity contribution in [2.45, 2.75) is 104 Å². The largest absolute Gasteiger partial charge is 1.00 e. The van der Waals surface area contributed by atoms with E-state index in [4.69, 9.17) is 4.74 Å². The zero-order chi connectivity index (χ0) is 25.5. The summed E-state index contributed by atoms with van der Waals surface area (Å²) >= 11 is 0. The molecule has 0 bridgehead atoms. The number of carbonyl (C=O) groups is 2. The van der Waals surface area contributed by atoms with Crippen LogP contribution < -0.4 is 44.7 Å². The van der Waals surface area contributed by atoms with E-state index in [9.17, 15) is 24.9 Å². The summed E-state index contributed by atoms with van der Waals surface area (Å²) in [5.41, 5.74) is 2.39. The zero-order valence-electron chi connectivity index (χ0n) is 22.4. The van der Waals surface area contributed by atoms with Crippen molar-refractivity contribution in [3.8, 4) is 5.75 Å². The molecule has 0 aromatic heterocycles. The summed E-state index contributed by atoms with van der Waals surface area (Å²) in [6, 6.07) is 3.86. The zero-order valence-corrected chi connectivity index (χ0v) is 24.4. The molecule has 192 valence electrons. The average molecular weight is 500 g/mol. The molecule has 1 aliphatic carbocycles. The Bertz CT molecular complexity index is 837. The number of aliphatic hydroxyl groups excluding tert-OH is 2. The molecule has 1 saturated carbocycles. The molecule has 1 aromatic rings. The molecule has 0 saturated heterocycles. The fraction of sp³-hybridized carbons (Fsp3) is 0.704. The van der Waals surface area contributed by atoms with Crippen molar-refractivity contribution < 1.29 is 59.2 Å². The van der Waals surface area contributed by atoms with Crippen molar-refractivity contribution in [1.82, 2.24) is 5.32 Å². The Morgan fingerprint density at radius 2 is 1.77 bits per heavy atom. The van der Waals surface area contributed by atoms with Gasteiger partial charge in [0.05, 0.1) is 18.2 Å². The Balaban J connectivity index is 0.00000612. The average Bonchev–Trinajstić information content (AvgIpc) is 2.76. The van der Waals surface area contributed by atoms with Crippen LogP contribution in [0.3, 0.4) is 0 Å². The van der Waals surface area contributed by atoms with E-state index in [0.29, 0.717) is 11.7 Å². The number of ether oxygens (including phenoxy) is 1. The number of aliphatic carboxylic acids is 1. The second-order valence-corrected chi connectivity index (χ2v) is 10.5. The molecule has 0 radical (unpaired) electrons. The van der Waals surface area contributed by atoms with Gasteiger partial charge >= 0.3 is 29.6 Å². The minimum absolute atomic E-state index is 0. The Morgan fingerprint density at radius 1 is 1.14 bits per heavy atom. The molecule has 3 N–H and O–H groups in total. The first-order valence-electron chi connectivity index (χ1n) is 12.6. The number of carbonyl (C=O) groups excluding carboxylic acids is 2. The SMILES string of the molecule is CCC(C)(C)C(=O)NC(c1cc(C)cc(C)c1OCC(O)C[C@@H](O)CC(=O)[O-])C1CCCCC1.[Na+]. The number of aliphatic hydroxyl groups is 2. The summed E-state index contributed by atoms with van der Waals surface area (Å²) < 4.78 is 6.08. The van der Waals surface area contributed by atoms with Gasteiger partial charge < -0.3 is 30.2 Å². The van der Waals surface area contributed by atoms with Crippen molar-refractivity contribution >= 4 is 11.9 Å². The predicted octanol–water partition coefficient (Wildman–Crippen LogP) is 0.112. The van der Waals surface area contributed by atoms with E-state index >= 15 is 0 Å². The molecule has 7 nitrogen and oxygen atoms in total. The molecule has 2 rings (SSSR count). The Hall–Kier alpha value is -1.12. The Labute approximate surface area is 232 Å². The van der Waals surface area contributed by atoms with Gasteiger partial charge in [0.1, 0.15) is 12.4 Å². The molecule has 1 aromatic carbocycles. The molecule has 1 fully saturated rings. The molecule has 8 heteroatoms. The third kappa shape index (κ3) is 9.69. The molecule has 1 amide bonds. The van der Waals surface area contributed by atoms with E-state index < -0.39 is 30.0 Å². The van der Waals surface area contributed by atoms with Crippen molar-refractivity contribution in [3.05, 3.63) is 28.8 Å². The maximum absolute atomic E-state index is 13.2. The summed E-state index contributed by atoms with van der Waals surface area (Å²) in [5, 5.41) is 34.2. The van der Waals surface area contributed by atoms with E-state index in [0.717, 1.165) is 48.8 Å².